The van der Waals surface area contributed by atoms with Crippen LogP contribution in [0.25, 0.3) is 0 Å². The first kappa shape index (κ1) is 21.6. The summed E-state index contributed by atoms with van der Waals surface area (Å²) >= 11 is 13.7. The molecule has 1 heterocycles. The molecular formula is C22H15Cl2F2N3OS. The molecule has 0 bridgehead atoms. The van der Waals surface area contributed by atoms with Crippen molar-refractivity contribution in [3.8, 4) is 0 Å². The van der Waals surface area contributed by atoms with E-state index in [0.717, 1.165) is 17.3 Å². The van der Waals surface area contributed by atoms with Gasteiger partial charge in [0.2, 0.25) is 5.89 Å². The van der Waals surface area contributed by atoms with Crippen LogP contribution >= 0.6 is 35.0 Å². The topological polar surface area (TPSA) is 51.0 Å². The molecule has 158 valence electrons. The molecular weight excluding hydrogens is 463 g/mol. The van der Waals surface area contributed by atoms with E-state index in [2.05, 4.69) is 15.5 Å². The van der Waals surface area contributed by atoms with E-state index in [0.29, 0.717) is 38.8 Å². The maximum Gasteiger partial charge on any atom is 0.276 e. The number of thioether (sulfide) groups is 1. The molecule has 0 saturated heterocycles. The zero-order valence-electron chi connectivity index (χ0n) is 15.9. The highest BCUT2D eigenvalue weighted by Gasteiger charge is 2.13. The van der Waals surface area contributed by atoms with Gasteiger partial charge in [0.15, 0.2) is 0 Å². The van der Waals surface area contributed by atoms with Crippen LogP contribution in [0.15, 0.2) is 70.3 Å². The van der Waals surface area contributed by atoms with E-state index in [4.69, 9.17) is 27.6 Å². The normalized spacial score (nSPS) is 11.0. The minimum atomic E-state index is -0.614. The van der Waals surface area contributed by atoms with Crippen molar-refractivity contribution in [2.45, 2.75) is 17.4 Å². The molecule has 1 N–H and O–H groups in total. The number of rotatable bonds is 7. The number of hydrogen-bond acceptors (Lipinski definition) is 5. The van der Waals surface area contributed by atoms with Gasteiger partial charge in [0.1, 0.15) is 11.6 Å². The van der Waals surface area contributed by atoms with E-state index in [1.807, 2.05) is 24.3 Å². The maximum absolute atomic E-state index is 13.8. The molecule has 0 unspecified atom stereocenters. The molecule has 4 nitrogen and oxygen atoms in total. The quantitative estimate of drug-likeness (QED) is 0.283. The number of halogens is 4. The van der Waals surface area contributed by atoms with E-state index >= 15 is 0 Å². The van der Waals surface area contributed by atoms with Crippen molar-refractivity contribution in [3.05, 3.63) is 99.4 Å². The predicted molar refractivity (Wildman–Crippen MR) is 119 cm³/mol. The third-order valence-corrected chi connectivity index (χ3v) is 5.89. The Morgan fingerprint density at radius 2 is 1.68 bits per heavy atom. The molecule has 0 aliphatic rings. The molecule has 0 spiro atoms. The lowest BCUT2D eigenvalue weighted by Crippen LogP contribution is -1.98. The van der Waals surface area contributed by atoms with Crippen molar-refractivity contribution in [3.63, 3.8) is 0 Å². The zero-order chi connectivity index (χ0) is 21.8. The van der Waals surface area contributed by atoms with Crippen LogP contribution in [-0.2, 0) is 12.2 Å². The summed E-state index contributed by atoms with van der Waals surface area (Å²) < 4.78 is 32.5. The zero-order valence-corrected chi connectivity index (χ0v) is 18.2. The predicted octanol–water partition coefficient (Wildman–Crippen LogP) is 7.28. The van der Waals surface area contributed by atoms with Crippen molar-refractivity contribution in [1.29, 1.82) is 0 Å². The summed E-state index contributed by atoms with van der Waals surface area (Å²) in [5, 5.41) is 12.7. The number of benzene rings is 3. The lowest BCUT2D eigenvalue weighted by atomic mass is 10.1. The van der Waals surface area contributed by atoms with Crippen LogP contribution in [0.2, 0.25) is 10.0 Å². The van der Waals surface area contributed by atoms with Gasteiger partial charge in [0.05, 0.1) is 22.2 Å². The van der Waals surface area contributed by atoms with E-state index in [1.165, 1.54) is 23.9 Å². The Labute approximate surface area is 191 Å². The smallest absolute Gasteiger partial charge is 0.276 e. The molecule has 0 amide bonds. The number of nitrogens with zero attached hydrogens (tertiary/aromatic N) is 2. The van der Waals surface area contributed by atoms with Crippen molar-refractivity contribution in [2.75, 3.05) is 5.32 Å². The Kier molecular flexibility index (Phi) is 6.75. The van der Waals surface area contributed by atoms with Crippen molar-refractivity contribution in [1.82, 2.24) is 10.2 Å². The summed E-state index contributed by atoms with van der Waals surface area (Å²) in [7, 11) is 0. The highest BCUT2D eigenvalue weighted by molar-refractivity contribution is 7.98. The van der Waals surface area contributed by atoms with Gasteiger partial charge in [-0.2, -0.15) is 0 Å². The molecule has 0 saturated carbocycles. The molecule has 0 aliphatic heterocycles. The molecule has 4 rings (SSSR count). The largest absolute Gasteiger partial charge is 0.416 e. The Morgan fingerprint density at radius 3 is 2.45 bits per heavy atom. The van der Waals surface area contributed by atoms with Crippen LogP contribution in [0.4, 0.5) is 20.2 Å². The standard InChI is InChI=1S/C22H15Cl2F2N3OS/c23-16-5-3-6-17(24)21(16)27-19-7-2-1-4-13(19)10-20-28-29-22(30-20)31-12-14-8-9-15(25)11-18(14)26/h1-9,11,27H,10,12H2. The molecule has 9 heteroatoms. The molecule has 0 radical (unpaired) electrons. The molecule has 31 heavy (non-hydrogen) atoms. The van der Waals surface area contributed by atoms with Gasteiger partial charge in [0.25, 0.3) is 5.22 Å². The first-order valence-corrected chi connectivity index (χ1v) is 10.9. The third-order valence-electron chi connectivity index (χ3n) is 4.40. The van der Waals surface area contributed by atoms with Crippen LogP contribution in [0, 0.1) is 11.6 Å². The van der Waals surface area contributed by atoms with Gasteiger partial charge in [-0.1, -0.05) is 65.3 Å². The van der Waals surface area contributed by atoms with E-state index < -0.39 is 11.6 Å². The number of anilines is 2. The van der Waals surface area contributed by atoms with Gasteiger partial charge in [-0.05, 0) is 35.4 Å². The fourth-order valence-corrected chi connectivity index (χ4v) is 4.12. The van der Waals surface area contributed by atoms with Gasteiger partial charge in [-0.15, -0.1) is 10.2 Å². The van der Waals surface area contributed by atoms with Crippen molar-refractivity contribution in [2.24, 2.45) is 0 Å². The molecule has 0 aliphatic carbocycles. The second-order valence-corrected chi connectivity index (χ2v) is 8.28. The fraction of sp³-hybridized carbons (Fsp3) is 0.0909. The number of nitrogens with one attached hydrogen (secondary N) is 1. The molecule has 0 atom stereocenters. The van der Waals surface area contributed by atoms with Crippen molar-refractivity contribution < 1.29 is 13.2 Å². The first-order valence-electron chi connectivity index (χ1n) is 9.17. The maximum atomic E-state index is 13.8. The summed E-state index contributed by atoms with van der Waals surface area (Å²) in [6.45, 7) is 0. The highest BCUT2D eigenvalue weighted by atomic mass is 35.5. The Balaban J connectivity index is 1.46. The molecule has 0 fully saturated rings. The Morgan fingerprint density at radius 1 is 0.903 bits per heavy atom. The summed E-state index contributed by atoms with van der Waals surface area (Å²) in [5.41, 5.74) is 2.68. The van der Waals surface area contributed by atoms with Gasteiger partial charge in [0, 0.05) is 17.5 Å². The molecule has 1 aromatic heterocycles. The average molecular weight is 478 g/mol. The van der Waals surface area contributed by atoms with Crippen LogP contribution in [-0.4, -0.2) is 10.2 Å². The second-order valence-electron chi connectivity index (χ2n) is 6.54. The van der Waals surface area contributed by atoms with Crippen LogP contribution in [0.1, 0.15) is 17.0 Å². The second kappa shape index (κ2) is 9.68. The van der Waals surface area contributed by atoms with Crippen LogP contribution in [0.5, 0.6) is 0 Å². The van der Waals surface area contributed by atoms with Gasteiger partial charge in [-0.3, -0.25) is 0 Å². The van der Waals surface area contributed by atoms with Crippen LogP contribution < -0.4 is 5.32 Å². The summed E-state index contributed by atoms with van der Waals surface area (Å²) in [6, 6.07) is 16.4. The van der Waals surface area contributed by atoms with E-state index in [1.54, 1.807) is 18.2 Å². The van der Waals surface area contributed by atoms with Crippen LogP contribution in [0.3, 0.4) is 0 Å². The lowest BCUT2D eigenvalue weighted by Gasteiger charge is -2.13. The third kappa shape index (κ3) is 5.36. The van der Waals surface area contributed by atoms with Gasteiger partial charge < -0.3 is 9.73 Å². The Hall–Kier alpha value is -2.61. The summed E-state index contributed by atoms with van der Waals surface area (Å²) in [6.07, 6.45) is 0.379. The van der Waals surface area contributed by atoms with Crippen molar-refractivity contribution >= 4 is 46.3 Å². The average Bonchev–Trinajstić information content (AvgIpc) is 3.19. The SMILES string of the molecule is Fc1ccc(CSc2nnc(Cc3ccccc3Nc3c(Cl)cccc3Cl)o2)c(F)c1. The highest BCUT2D eigenvalue weighted by Crippen LogP contribution is 2.34. The van der Waals surface area contributed by atoms with Gasteiger partial charge >= 0.3 is 0 Å². The minimum absolute atomic E-state index is 0.247. The lowest BCUT2D eigenvalue weighted by molar-refractivity contribution is 0.420. The monoisotopic (exact) mass is 477 g/mol. The van der Waals surface area contributed by atoms with E-state index in [9.17, 15) is 8.78 Å². The number of aromatic nitrogens is 2. The Bertz CT molecular complexity index is 1200. The number of para-hydroxylation sites is 2. The molecule has 4 aromatic rings. The van der Waals surface area contributed by atoms with E-state index in [-0.39, 0.29) is 5.75 Å². The molecule has 3 aromatic carbocycles. The summed E-state index contributed by atoms with van der Waals surface area (Å²) in [4.78, 5) is 0. The summed E-state index contributed by atoms with van der Waals surface area (Å²) in [5.74, 6) is -0.569. The number of hydrogen-bond donors (Lipinski definition) is 1. The van der Waals surface area contributed by atoms with Gasteiger partial charge in [-0.25, -0.2) is 8.78 Å². The minimum Gasteiger partial charge on any atom is -0.416 e. The fourth-order valence-electron chi connectivity index (χ4n) is 2.86. The first-order chi connectivity index (χ1) is 15.0.